The Morgan fingerprint density at radius 1 is 1.31 bits per heavy atom. The van der Waals surface area contributed by atoms with E-state index in [9.17, 15) is 5.11 Å². The first-order valence-electron chi connectivity index (χ1n) is 5.52. The molecule has 1 aliphatic carbocycles. The first-order valence-corrected chi connectivity index (χ1v) is 5.52. The highest BCUT2D eigenvalue weighted by atomic mass is 16.6. The highest BCUT2D eigenvalue weighted by molar-refractivity contribution is 4.89. The molecular weight excluding hydrogens is 164 g/mol. The average molecular weight is 184 g/mol. The van der Waals surface area contributed by atoms with Crippen molar-refractivity contribution in [1.82, 2.24) is 0 Å². The van der Waals surface area contributed by atoms with Crippen molar-refractivity contribution in [3.63, 3.8) is 0 Å². The normalized spacial score (nSPS) is 34.2. The quantitative estimate of drug-likeness (QED) is 0.681. The molecule has 2 heteroatoms. The first-order chi connectivity index (χ1) is 6.18. The second kappa shape index (κ2) is 3.58. The van der Waals surface area contributed by atoms with Gasteiger partial charge in [0.2, 0.25) is 0 Å². The van der Waals surface area contributed by atoms with Gasteiger partial charge in [-0.3, -0.25) is 0 Å². The molecule has 0 aromatic carbocycles. The lowest BCUT2D eigenvalue weighted by Gasteiger charge is -2.35. The van der Waals surface area contributed by atoms with Crippen LogP contribution in [0.15, 0.2) is 0 Å². The molecule has 2 nitrogen and oxygen atoms in total. The summed E-state index contributed by atoms with van der Waals surface area (Å²) in [6.45, 7) is 2.85. The largest absolute Gasteiger partial charge is 0.390 e. The molecule has 0 spiro atoms. The number of hydrogen-bond donors (Lipinski definition) is 1. The molecule has 2 fully saturated rings. The fraction of sp³-hybridized carbons (Fsp3) is 1.00. The second-order valence-corrected chi connectivity index (χ2v) is 4.85. The molecule has 13 heavy (non-hydrogen) atoms. The van der Waals surface area contributed by atoms with Crippen molar-refractivity contribution in [3.05, 3.63) is 0 Å². The van der Waals surface area contributed by atoms with E-state index in [1.165, 1.54) is 32.1 Å². The number of hydrogen-bond acceptors (Lipinski definition) is 2. The molecule has 0 amide bonds. The molecule has 1 saturated heterocycles. The monoisotopic (exact) mass is 184 g/mol. The summed E-state index contributed by atoms with van der Waals surface area (Å²) < 4.78 is 5.18. The van der Waals surface area contributed by atoms with Crippen LogP contribution in [0.1, 0.15) is 45.4 Å². The minimum Gasteiger partial charge on any atom is -0.390 e. The highest BCUT2D eigenvalue weighted by Gasteiger charge is 2.38. The highest BCUT2D eigenvalue weighted by Crippen LogP contribution is 2.37. The Balaban J connectivity index is 1.86. The zero-order chi connectivity index (χ0) is 9.31. The van der Waals surface area contributed by atoms with E-state index < -0.39 is 5.60 Å². The summed E-state index contributed by atoms with van der Waals surface area (Å²) in [7, 11) is 0. The Morgan fingerprint density at radius 2 is 1.92 bits per heavy atom. The molecule has 76 valence electrons. The smallest absolute Gasteiger partial charge is 0.0837 e. The molecule has 1 aliphatic heterocycles. The third-order valence-corrected chi connectivity index (χ3v) is 3.53. The van der Waals surface area contributed by atoms with Crippen LogP contribution in [-0.2, 0) is 4.74 Å². The Kier molecular flexibility index (Phi) is 2.61. The van der Waals surface area contributed by atoms with Crippen LogP contribution in [-0.4, -0.2) is 23.4 Å². The van der Waals surface area contributed by atoms with Crippen LogP contribution in [0.4, 0.5) is 0 Å². The minimum absolute atomic E-state index is 0.358. The van der Waals surface area contributed by atoms with Gasteiger partial charge in [-0.15, -0.1) is 0 Å². The van der Waals surface area contributed by atoms with Crippen LogP contribution in [0.5, 0.6) is 0 Å². The Bertz CT molecular complexity index is 167. The molecule has 2 rings (SSSR count). The van der Waals surface area contributed by atoms with E-state index in [1.54, 1.807) is 0 Å². The molecule has 1 N–H and O–H groups in total. The van der Waals surface area contributed by atoms with Crippen molar-refractivity contribution in [1.29, 1.82) is 0 Å². The van der Waals surface area contributed by atoms with Crippen LogP contribution in [0.2, 0.25) is 0 Å². The average Bonchev–Trinajstić information content (AvgIpc) is 2.89. The fourth-order valence-corrected chi connectivity index (χ4v) is 2.54. The van der Waals surface area contributed by atoms with Gasteiger partial charge >= 0.3 is 0 Å². The molecule has 1 saturated carbocycles. The van der Waals surface area contributed by atoms with Gasteiger partial charge in [0.25, 0.3) is 0 Å². The van der Waals surface area contributed by atoms with E-state index >= 15 is 0 Å². The first kappa shape index (κ1) is 9.47. The van der Waals surface area contributed by atoms with Crippen molar-refractivity contribution in [2.45, 2.75) is 57.2 Å². The number of rotatable bonds is 3. The van der Waals surface area contributed by atoms with E-state index in [-0.39, 0.29) is 0 Å². The molecular formula is C11H20O2. The molecule has 0 bridgehead atoms. The van der Waals surface area contributed by atoms with Crippen LogP contribution < -0.4 is 0 Å². The summed E-state index contributed by atoms with van der Waals surface area (Å²) in [5.74, 6) is 0.519. The maximum atomic E-state index is 10.3. The van der Waals surface area contributed by atoms with Gasteiger partial charge in [-0.05, 0) is 25.7 Å². The lowest BCUT2D eigenvalue weighted by Crippen LogP contribution is -2.37. The van der Waals surface area contributed by atoms with E-state index in [0.717, 1.165) is 13.0 Å². The van der Waals surface area contributed by atoms with Gasteiger partial charge in [0.15, 0.2) is 0 Å². The van der Waals surface area contributed by atoms with Crippen molar-refractivity contribution in [2.24, 2.45) is 5.92 Å². The molecule has 0 radical (unpaired) electrons. The predicted molar refractivity (Wildman–Crippen MR) is 51.6 cm³/mol. The molecule has 0 unspecified atom stereocenters. The predicted octanol–water partition coefficient (Wildman–Crippen LogP) is 2.11. The van der Waals surface area contributed by atoms with Gasteiger partial charge < -0.3 is 9.84 Å². The molecule has 0 aromatic heterocycles. The second-order valence-electron chi connectivity index (χ2n) is 4.85. The molecule has 1 heterocycles. The summed E-state index contributed by atoms with van der Waals surface area (Å²) in [5.41, 5.74) is -0.471. The maximum Gasteiger partial charge on any atom is 0.0837 e. The Morgan fingerprint density at radius 3 is 2.46 bits per heavy atom. The van der Waals surface area contributed by atoms with E-state index in [0.29, 0.717) is 12.0 Å². The zero-order valence-corrected chi connectivity index (χ0v) is 8.46. The topological polar surface area (TPSA) is 32.8 Å². The van der Waals surface area contributed by atoms with Crippen molar-refractivity contribution in [3.8, 4) is 0 Å². The van der Waals surface area contributed by atoms with Crippen LogP contribution >= 0.6 is 0 Å². The molecule has 2 aliphatic rings. The summed E-state index contributed by atoms with van der Waals surface area (Å²) in [6.07, 6.45) is 7.57. The Hall–Kier alpha value is -0.0800. The van der Waals surface area contributed by atoms with Crippen molar-refractivity contribution < 1.29 is 9.84 Å². The van der Waals surface area contributed by atoms with Gasteiger partial charge in [-0.2, -0.15) is 0 Å². The number of aliphatic hydroxyl groups is 1. The SMILES string of the molecule is C[C@](O)(C[C@@H]1CO1)C1CCCCC1. The zero-order valence-electron chi connectivity index (χ0n) is 8.46. The maximum absolute atomic E-state index is 10.3. The van der Waals surface area contributed by atoms with Gasteiger partial charge in [0.1, 0.15) is 0 Å². The summed E-state index contributed by atoms with van der Waals surface area (Å²) in [6, 6.07) is 0. The van der Waals surface area contributed by atoms with E-state index in [4.69, 9.17) is 4.74 Å². The molecule has 2 atom stereocenters. The van der Waals surface area contributed by atoms with E-state index in [2.05, 4.69) is 0 Å². The van der Waals surface area contributed by atoms with Crippen molar-refractivity contribution in [2.75, 3.05) is 6.61 Å². The van der Waals surface area contributed by atoms with Crippen LogP contribution in [0, 0.1) is 5.92 Å². The Labute approximate surface area is 80.3 Å². The van der Waals surface area contributed by atoms with Gasteiger partial charge in [0.05, 0.1) is 18.3 Å². The lowest BCUT2D eigenvalue weighted by atomic mass is 9.76. The van der Waals surface area contributed by atoms with Crippen LogP contribution in [0.3, 0.4) is 0 Å². The van der Waals surface area contributed by atoms with Gasteiger partial charge in [0, 0.05) is 6.42 Å². The lowest BCUT2D eigenvalue weighted by molar-refractivity contribution is -0.0285. The third-order valence-electron chi connectivity index (χ3n) is 3.53. The van der Waals surface area contributed by atoms with E-state index in [1.807, 2.05) is 6.92 Å². The van der Waals surface area contributed by atoms with Crippen molar-refractivity contribution >= 4 is 0 Å². The minimum atomic E-state index is -0.471. The number of epoxide rings is 1. The summed E-state index contributed by atoms with van der Waals surface area (Å²) in [4.78, 5) is 0. The fourth-order valence-electron chi connectivity index (χ4n) is 2.54. The van der Waals surface area contributed by atoms with Gasteiger partial charge in [-0.1, -0.05) is 19.3 Å². The molecule has 0 aromatic rings. The third kappa shape index (κ3) is 2.44. The summed E-state index contributed by atoms with van der Waals surface area (Å²) in [5, 5.41) is 10.3. The number of ether oxygens (including phenoxy) is 1. The van der Waals surface area contributed by atoms with Crippen LogP contribution in [0.25, 0.3) is 0 Å². The standard InChI is InChI=1S/C11H20O2/c1-11(12,7-10-8-13-10)9-5-3-2-4-6-9/h9-10,12H,2-8H2,1H3/t10-,11+/m1/s1. The summed E-state index contributed by atoms with van der Waals surface area (Å²) >= 11 is 0. The van der Waals surface area contributed by atoms with Gasteiger partial charge in [-0.25, -0.2) is 0 Å².